The summed E-state index contributed by atoms with van der Waals surface area (Å²) < 4.78 is 24.9. The summed E-state index contributed by atoms with van der Waals surface area (Å²) in [6.07, 6.45) is 3.08. The number of aromatic nitrogens is 1. The van der Waals surface area contributed by atoms with E-state index in [1.165, 1.54) is 12.4 Å². The zero-order valence-electron chi connectivity index (χ0n) is 8.62. The second-order valence-electron chi connectivity index (χ2n) is 3.27. The van der Waals surface area contributed by atoms with Crippen LogP contribution in [0.15, 0.2) is 24.5 Å². The first-order chi connectivity index (χ1) is 7.41. The summed E-state index contributed by atoms with van der Waals surface area (Å²) in [4.78, 5) is 14.1. The summed E-state index contributed by atoms with van der Waals surface area (Å²) in [5, 5.41) is 8.40. The van der Waals surface area contributed by atoms with Gasteiger partial charge in [-0.15, -0.1) is 0 Å². The molecule has 1 aromatic rings. The Bertz CT molecular complexity index is 458. The molecule has 1 rings (SSSR count). The van der Waals surface area contributed by atoms with E-state index in [-0.39, 0.29) is 0 Å². The largest absolute Gasteiger partial charge is 0.480 e. The molecule has 0 fully saturated rings. The normalized spacial score (nSPS) is 13.3. The van der Waals surface area contributed by atoms with Gasteiger partial charge in [0, 0.05) is 18.4 Å². The van der Waals surface area contributed by atoms with Crippen LogP contribution in [-0.4, -0.2) is 30.2 Å². The molecular weight excluding hydrogens is 232 g/mol. The van der Waals surface area contributed by atoms with Gasteiger partial charge in [-0.3, -0.25) is 9.78 Å². The number of hydrogen-bond donors (Lipinski definition) is 2. The predicted molar refractivity (Wildman–Crippen MR) is 57.2 cm³/mol. The standard InChI is InChI=1S/C9H12N2O4S/c1-7(8-2-4-10-5-3-8)11-16(14,15)6-9(12)13/h2-5,7,11H,6H2,1H3,(H,12,13)/t7-/m1/s1. The predicted octanol–water partition coefficient (Wildman–Crippen LogP) is 0.147. The Morgan fingerprint density at radius 1 is 1.50 bits per heavy atom. The number of pyridine rings is 1. The first-order valence-electron chi connectivity index (χ1n) is 4.52. The summed E-state index contributed by atoms with van der Waals surface area (Å²) >= 11 is 0. The van der Waals surface area contributed by atoms with Gasteiger partial charge in [0.05, 0.1) is 0 Å². The van der Waals surface area contributed by atoms with Crippen molar-refractivity contribution in [3.8, 4) is 0 Å². The highest BCUT2D eigenvalue weighted by molar-refractivity contribution is 7.90. The molecule has 0 amide bonds. The van der Waals surface area contributed by atoms with Crippen LogP contribution in [0.25, 0.3) is 0 Å². The lowest BCUT2D eigenvalue weighted by Gasteiger charge is -2.13. The van der Waals surface area contributed by atoms with Gasteiger partial charge in [0.2, 0.25) is 10.0 Å². The Hall–Kier alpha value is -1.47. The molecule has 1 heterocycles. The number of rotatable bonds is 5. The van der Waals surface area contributed by atoms with Crippen molar-refractivity contribution in [2.75, 3.05) is 5.75 Å². The maximum absolute atomic E-state index is 11.3. The molecule has 0 spiro atoms. The van der Waals surface area contributed by atoms with Crippen molar-refractivity contribution in [1.82, 2.24) is 9.71 Å². The third kappa shape index (κ3) is 3.95. The fraction of sp³-hybridized carbons (Fsp3) is 0.333. The fourth-order valence-corrected chi connectivity index (χ4v) is 2.28. The van der Waals surface area contributed by atoms with E-state index in [0.717, 1.165) is 5.56 Å². The van der Waals surface area contributed by atoms with E-state index in [9.17, 15) is 13.2 Å². The zero-order valence-corrected chi connectivity index (χ0v) is 9.44. The fourth-order valence-electron chi connectivity index (χ4n) is 1.19. The molecule has 0 unspecified atom stereocenters. The van der Waals surface area contributed by atoms with Gasteiger partial charge in [-0.05, 0) is 24.6 Å². The van der Waals surface area contributed by atoms with Crippen LogP contribution < -0.4 is 4.72 Å². The second-order valence-corrected chi connectivity index (χ2v) is 5.03. The minimum atomic E-state index is -3.80. The van der Waals surface area contributed by atoms with Crippen LogP contribution >= 0.6 is 0 Å². The third-order valence-corrected chi connectivity index (χ3v) is 3.22. The van der Waals surface area contributed by atoms with Gasteiger partial charge in [-0.2, -0.15) is 0 Å². The van der Waals surface area contributed by atoms with Crippen LogP contribution in [0.5, 0.6) is 0 Å². The van der Waals surface area contributed by atoms with E-state index in [1.54, 1.807) is 19.1 Å². The number of carbonyl (C=O) groups is 1. The van der Waals surface area contributed by atoms with Crippen LogP contribution in [0.1, 0.15) is 18.5 Å². The van der Waals surface area contributed by atoms with Crippen LogP contribution in [-0.2, 0) is 14.8 Å². The van der Waals surface area contributed by atoms with Gasteiger partial charge in [0.1, 0.15) is 0 Å². The molecule has 0 aliphatic carbocycles. The molecule has 0 radical (unpaired) electrons. The van der Waals surface area contributed by atoms with Crippen molar-refractivity contribution in [3.63, 3.8) is 0 Å². The lowest BCUT2D eigenvalue weighted by atomic mass is 10.1. The minimum absolute atomic E-state index is 0.479. The molecule has 6 nitrogen and oxygen atoms in total. The molecule has 0 bridgehead atoms. The van der Waals surface area contributed by atoms with Crippen molar-refractivity contribution in [2.45, 2.75) is 13.0 Å². The van der Waals surface area contributed by atoms with Crippen LogP contribution in [0, 0.1) is 0 Å². The second kappa shape index (κ2) is 5.04. The number of sulfonamides is 1. The van der Waals surface area contributed by atoms with Crippen LogP contribution in [0.3, 0.4) is 0 Å². The lowest BCUT2D eigenvalue weighted by molar-refractivity contribution is -0.134. The Morgan fingerprint density at radius 3 is 2.56 bits per heavy atom. The van der Waals surface area contributed by atoms with E-state index in [1.807, 2.05) is 0 Å². The molecule has 16 heavy (non-hydrogen) atoms. The lowest BCUT2D eigenvalue weighted by Crippen LogP contribution is -2.32. The molecule has 0 aromatic carbocycles. The van der Waals surface area contributed by atoms with Crippen molar-refractivity contribution in [1.29, 1.82) is 0 Å². The average Bonchev–Trinajstić information content (AvgIpc) is 2.16. The monoisotopic (exact) mass is 244 g/mol. The summed E-state index contributed by atoms with van der Waals surface area (Å²) in [5.74, 6) is -2.31. The molecule has 88 valence electrons. The van der Waals surface area contributed by atoms with Crippen LogP contribution in [0.2, 0.25) is 0 Å². The average molecular weight is 244 g/mol. The highest BCUT2D eigenvalue weighted by Gasteiger charge is 2.18. The van der Waals surface area contributed by atoms with Gasteiger partial charge < -0.3 is 5.11 Å². The first-order valence-corrected chi connectivity index (χ1v) is 6.17. The third-order valence-electron chi connectivity index (χ3n) is 1.88. The Labute approximate surface area is 93.4 Å². The van der Waals surface area contributed by atoms with E-state index in [4.69, 9.17) is 5.11 Å². The Balaban J connectivity index is 2.72. The number of carboxylic acids is 1. The Kier molecular flexibility index (Phi) is 3.97. The van der Waals surface area contributed by atoms with Gasteiger partial charge >= 0.3 is 5.97 Å². The van der Waals surface area contributed by atoms with E-state index >= 15 is 0 Å². The Morgan fingerprint density at radius 2 is 2.06 bits per heavy atom. The smallest absolute Gasteiger partial charge is 0.320 e. The first kappa shape index (κ1) is 12.6. The molecule has 7 heteroatoms. The maximum Gasteiger partial charge on any atom is 0.320 e. The van der Waals surface area contributed by atoms with Crippen molar-refractivity contribution >= 4 is 16.0 Å². The number of nitrogens with one attached hydrogen (secondary N) is 1. The van der Waals surface area contributed by atoms with E-state index < -0.39 is 27.8 Å². The van der Waals surface area contributed by atoms with Crippen LogP contribution in [0.4, 0.5) is 0 Å². The van der Waals surface area contributed by atoms with Crippen molar-refractivity contribution in [2.24, 2.45) is 0 Å². The molecule has 0 saturated heterocycles. The number of nitrogens with zero attached hydrogens (tertiary/aromatic N) is 1. The highest BCUT2D eigenvalue weighted by atomic mass is 32.2. The summed E-state index contributed by atoms with van der Waals surface area (Å²) in [5.41, 5.74) is 0.726. The van der Waals surface area contributed by atoms with Crippen molar-refractivity contribution < 1.29 is 18.3 Å². The van der Waals surface area contributed by atoms with Gasteiger partial charge in [0.15, 0.2) is 5.75 Å². The molecule has 0 saturated carbocycles. The quantitative estimate of drug-likeness (QED) is 0.768. The number of hydrogen-bond acceptors (Lipinski definition) is 4. The molecule has 0 aliphatic rings. The topological polar surface area (TPSA) is 96.4 Å². The molecule has 2 N–H and O–H groups in total. The van der Waals surface area contributed by atoms with Gasteiger partial charge in [-0.25, -0.2) is 13.1 Å². The summed E-state index contributed by atoms with van der Waals surface area (Å²) in [7, 11) is -3.80. The molecular formula is C9H12N2O4S. The summed E-state index contributed by atoms with van der Waals surface area (Å²) in [6.45, 7) is 1.63. The molecule has 1 aromatic heterocycles. The SMILES string of the molecule is C[C@@H](NS(=O)(=O)CC(=O)O)c1ccncc1. The number of aliphatic carboxylic acids is 1. The van der Waals surface area contributed by atoms with E-state index in [2.05, 4.69) is 9.71 Å². The van der Waals surface area contributed by atoms with Crippen molar-refractivity contribution in [3.05, 3.63) is 30.1 Å². The maximum atomic E-state index is 11.3. The summed E-state index contributed by atoms with van der Waals surface area (Å²) in [6, 6.07) is 2.84. The van der Waals surface area contributed by atoms with Gasteiger partial charge in [0.25, 0.3) is 0 Å². The molecule has 1 atom stereocenters. The van der Waals surface area contributed by atoms with Gasteiger partial charge in [-0.1, -0.05) is 0 Å². The zero-order chi connectivity index (χ0) is 12.2. The molecule has 0 aliphatic heterocycles. The number of carboxylic acid groups (broad SMARTS) is 1. The highest BCUT2D eigenvalue weighted by Crippen LogP contribution is 2.11. The van der Waals surface area contributed by atoms with E-state index in [0.29, 0.717) is 0 Å². The minimum Gasteiger partial charge on any atom is -0.480 e.